The van der Waals surface area contributed by atoms with Crippen molar-refractivity contribution < 1.29 is 27.2 Å². The van der Waals surface area contributed by atoms with Crippen molar-refractivity contribution in [2.75, 3.05) is 31.5 Å². The Morgan fingerprint density at radius 1 is 0.971 bits per heavy atom. The summed E-state index contributed by atoms with van der Waals surface area (Å²) >= 11 is 0. The number of hydrogen-bond donors (Lipinski definition) is 1. The van der Waals surface area contributed by atoms with E-state index >= 15 is 0 Å². The minimum atomic E-state index is -4.52. The van der Waals surface area contributed by atoms with Crippen LogP contribution in [0, 0.1) is 0 Å². The molecule has 0 spiro atoms. The quantitative estimate of drug-likeness (QED) is 0.627. The second-order valence-corrected chi connectivity index (χ2v) is 8.32. The van der Waals surface area contributed by atoms with Gasteiger partial charge in [-0.25, -0.2) is 4.68 Å². The second kappa shape index (κ2) is 8.54. The first-order chi connectivity index (χ1) is 16.3. The Labute approximate surface area is 192 Å². The third-order valence-corrected chi connectivity index (χ3v) is 6.20. The van der Waals surface area contributed by atoms with Crippen LogP contribution < -0.4 is 5.32 Å². The molecule has 1 saturated heterocycles. The summed E-state index contributed by atoms with van der Waals surface area (Å²) in [5.74, 6) is -0.360. The normalized spacial score (nSPS) is 20.6. The van der Waals surface area contributed by atoms with Gasteiger partial charge in [-0.15, -0.1) is 0 Å². The molecule has 1 N–H and O–H groups in total. The van der Waals surface area contributed by atoms with E-state index in [1.54, 1.807) is 47.4 Å². The summed E-state index contributed by atoms with van der Waals surface area (Å²) in [6.07, 6.45) is -3.34. The molecule has 2 aliphatic heterocycles. The molecule has 0 saturated carbocycles. The van der Waals surface area contributed by atoms with Crippen LogP contribution in [0.5, 0.6) is 0 Å². The van der Waals surface area contributed by atoms with Crippen LogP contribution in [0.3, 0.4) is 0 Å². The van der Waals surface area contributed by atoms with Crippen LogP contribution in [0.25, 0.3) is 0 Å². The zero-order valence-corrected chi connectivity index (χ0v) is 18.0. The van der Waals surface area contributed by atoms with E-state index in [9.17, 15) is 22.8 Å². The third-order valence-electron chi connectivity index (χ3n) is 6.20. The van der Waals surface area contributed by atoms with E-state index < -0.39 is 24.2 Å². The molecule has 0 radical (unpaired) electrons. The lowest BCUT2D eigenvalue weighted by atomic mass is 9.97. The van der Waals surface area contributed by atoms with E-state index in [-0.39, 0.29) is 42.7 Å². The number of benzene rings is 1. The van der Waals surface area contributed by atoms with Crippen molar-refractivity contribution in [3.63, 3.8) is 0 Å². The highest BCUT2D eigenvalue weighted by atomic mass is 19.4. The predicted octanol–water partition coefficient (Wildman–Crippen LogP) is 3.73. The number of piperazine rings is 1. The van der Waals surface area contributed by atoms with Crippen molar-refractivity contribution in [1.82, 2.24) is 19.6 Å². The van der Waals surface area contributed by atoms with Gasteiger partial charge >= 0.3 is 6.18 Å². The molecule has 0 bridgehead atoms. The zero-order chi connectivity index (χ0) is 23.9. The fraction of sp³-hybridized carbons (Fsp3) is 0.348. The molecule has 5 rings (SSSR count). The smallest absolute Gasteiger partial charge is 0.410 e. The average molecular weight is 473 g/mol. The van der Waals surface area contributed by atoms with Gasteiger partial charge in [-0.1, -0.05) is 30.3 Å². The Morgan fingerprint density at radius 2 is 1.65 bits per heavy atom. The van der Waals surface area contributed by atoms with Gasteiger partial charge in [-0.05, 0) is 17.7 Å². The summed E-state index contributed by atoms with van der Waals surface area (Å²) in [5, 5.41) is 7.14. The van der Waals surface area contributed by atoms with E-state index in [1.807, 2.05) is 0 Å². The minimum Gasteiger partial charge on any atom is -0.459 e. The number of nitrogens with zero attached hydrogens (tertiary/aromatic N) is 4. The molecular formula is C23H22F3N5O3. The number of furan rings is 1. The Bertz CT molecular complexity index is 1170. The standard InChI is InChI=1S/C23H22F3N5O3/c24-23(25,26)19-13-16(15-5-2-1-3-6-15)27-20-14-17(28-31(19)20)21(32)29-8-10-30(11-9-29)22(33)18-7-4-12-34-18/h1-7,12,14,16,19,27H,8-11,13H2/t16-,19-/m0/s1. The van der Waals surface area contributed by atoms with Crippen molar-refractivity contribution >= 4 is 17.6 Å². The first kappa shape index (κ1) is 22.1. The molecule has 1 fully saturated rings. The van der Waals surface area contributed by atoms with Crippen molar-refractivity contribution in [2.24, 2.45) is 0 Å². The molecule has 2 aromatic heterocycles. The Morgan fingerprint density at radius 3 is 2.26 bits per heavy atom. The summed E-state index contributed by atoms with van der Waals surface area (Å²) in [4.78, 5) is 28.5. The van der Waals surface area contributed by atoms with E-state index in [1.165, 1.54) is 17.2 Å². The van der Waals surface area contributed by atoms with Crippen molar-refractivity contribution in [2.45, 2.75) is 24.7 Å². The Kier molecular flexibility index (Phi) is 5.54. The first-order valence-electron chi connectivity index (χ1n) is 10.9. The van der Waals surface area contributed by atoms with Gasteiger partial charge in [0.05, 0.1) is 12.3 Å². The topological polar surface area (TPSA) is 83.6 Å². The molecule has 11 heteroatoms. The highest BCUT2D eigenvalue weighted by Gasteiger charge is 2.47. The number of rotatable bonds is 3. The molecule has 3 aromatic rings. The van der Waals surface area contributed by atoms with Gasteiger partial charge in [-0.2, -0.15) is 18.3 Å². The van der Waals surface area contributed by atoms with E-state index in [0.717, 1.165) is 10.2 Å². The monoisotopic (exact) mass is 473 g/mol. The van der Waals surface area contributed by atoms with Gasteiger partial charge in [0.25, 0.3) is 11.8 Å². The predicted molar refractivity (Wildman–Crippen MR) is 115 cm³/mol. The lowest BCUT2D eigenvalue weighted by molar-refractivity contribution is -0.173. The molecule has 2 atom stereocenters. The summed E-state index contributed by atoms with van der Waals surface area (Å²) in [6, 6.07) is 11.1. The van der Waals surface area contributed by atoms with E-state index in [0.29, 0.717) is 13.1 Å². The van der Waals surface area contributed by atoms with Crippen LogP contribution in [0.1, 0.15) is 45.1 Å². The summed E-state index contributed by atoms with van der Waals surface area (Å²) in [5.41, 5.74) is 0.672. The molecule has 8 nitrogen and oxygen atoms in total. The van der Waals surface area contributed by atoms with Gasteiger partial charge in [0.2, 0.25) is 0 Å². The molecule has 178 valence electrons. The van der Waals surface area contributed by atoms with Gasteiger partial charge in [0.1, 0.15) is 5.82 Å². The maximum absolute atomic E-state index is 13.9. The molecule has 34 heavy (non-hydrogen) atoms. The average Bonchev–Trinajstić information content (AvgIpc) is 3.53. The fourth-order valence-electron chi connectivity index (χ4n) is 4.41. The minimum absolute atomic E-state index is 0.0590. The van der Waals surface area contributed by atoms with Crippen LogP contribution in [-0.4, -0.2) is 63.7 Å². The first-order valence-corrected chi connectivity index (χ1v) is 10.9. The number of amides is 2. The van der Waals surface area contributed by atoms with Crippen LogP contribution in [0.4, 0.5) is 19.0 Å². The number of carbonyl (C=O) groups excluding carboxylic acids is 2. The Balaban J connectivity index is 1.33. The Hall–Kier alpha value is -3.76. The maximum Gasteiger partial charge on any atom is 0.410 e. The molecular weight excluding hydrogens is 451 g/mol. The number of alkyl halides is 3. The van der Waals surface area contributed by atoms with Crippen molar-refractivity contribution in [1.29, 1.82) is 0 Å². The van der Waals surface area contributed by atoms with E-state index in [4.69, 9.17) is 4.42 Å². The van der Waals surface area contributed by atoms with Gasteiger partial charge in [0.15, 0.2) is 17.5 Å². The van der Waals surface area contributed by atoms with Crippen LogP contribution in [0.15, 0.2) is 59.2 Å². The molecule has 0 unspecified atom stereocenters. The molecule has 4 heterocycles. The number of nitrogens with one attached hydrogen (secondary N) is 1. The lowest BCUT2D eigenvalue weighted by Gasteiger charge is -2.34. The number of aromatic nitrogens is 2. The van der Waals surface area contributed by atoms with Crippen molar-refractivity contribution in [3.05, 3.63) is 71.8 Å². The summed E-state index contributed by atoms with van der Waals surface area (Å²) < 4.78 is 47.6. The molecule has 0 aliphatic carbocycles. The van der Waals surface area contributed by atoms with Crippen LogP contribution >= 0.6 is 0 Å². The van der Waals surface area contributed by atoms with E-state index in [2.05, 4.69) is 10.4 Å². The molecule has 1 aromatic carbocycles. The van der Waals surface area contributed by atoms with Gasteiger partial charge in [-0.3, -0.25) is 9.59 Å². The van der Waals surface area contributed by atoms with Gasteiger partial charge < -0.3 is 19.5 Å². The lowest BCUT2D eigenvalue weighted by Crippen LogP contribution is -2.50. The number of fused-ring (bicyclic) bond motifs is 1. The summed E-state index contributed by atoms with van der Waals surface area (Å²) in [6.45, 7) is 1.07. The maximum atomic E-state index is 13.9. The molecule has 2 aliphatic rings. The third kappa shape index (κ3) is 4.13. The van der Waals surface area contributed by atoms with Crippen LogP contribution in [-0.2, 0) is 0 Å². The number of halogens is 3. The highest BCUT2D eigenvalue weighted by Crippen LogP contribution is 2.43. The highest BCUT2D eigenvalue weighted by molar-refractivity contribution is 5.94. The van der Waals surface area contributed by atoms with Crippen molar-refractivity contribution in [3.8, 4) is 0 Å². The van der Waals surface area contributed by atoms with Crippen LogP contribution in [0.2, 0.25) is 0 Å². The second-order valence-electron chi connectivity index (χ2n) is 8.32. The number of hydrogen-bond acceptors (Lipinski definition) is 5. The number of carbonyl (C=O) groups is 2. The molecule has 2 amide bonds. The summed E-state index contributed by atoms with van der Waals surface area (Å²) in [7, 11) is 0. The van der Waals surface area contributed by atoms with Gasteiger partial charge in [0, 0.05) is 38.7 Å². The fourth-order valence-corrected chi connectivity index (χ4v) is 4.41. The number of anilines is 1. The zero-order valence-electron chi connectivity index (χ0n) is 18.0. The largest absolute Gasteiger partial charge is 0.459 e. The SMILES string of the molecule is O=C(c1cc2n(n1)[C@H](C(F)(F)F)C[C@@H](c1ccccc1)N2)N1CCN(C(=O)c2ccco2)CC1.